The fourth-order valence-corrected chi connectivity index (χ4v) is 2.93. The average Bonchev–Trinajstić information content (AvgIpc) is 2.93. The maximum absolute atomic E-state index is 11.6. The molecular weight excluding hydrogens is 302 g/mol. The fraction of sp³-hybridized carbons (Fsp3) is 0.733. The van der Waals surface area contributed by atoms with Crippen LogP contribution >= 0.6 is 0 Å². The minimum absolute atomic E-state index is 0.0500. The lowest BCUT2D eigenvalue weighted by molar-refractivity contribution is -0.197. The molecule has 8 heteroatoms. The number of nitrogens with one attached hydrogen (secondary N) is 1. The molecule has 1 N–H and O–H groups in total. The van der Waals surface area contributed by atoms with Crippen molar-refractivity contribution in [3.63, 3.8) is 0 Å². The van der Waals surface area contributed by atoms with Crippen LogP contribution in [0.4, 0.5) is 4.79 Å². The molecule has 0 unspecified atom stereocenters. The first kappa shape index (κ1) is 17.2. The van der Waals surface area contributed by atoms with E-state index < -0.39 is 17.8 Å². The quantitative estimate of drug-likeness (QED) is 0.555. The Kier molecular flexibility index (Phi) is 5.57. The summed E-state index contributed by atoms with van der Waals surface area (Å²) in [6.07, 6.45) is 3.59. The maximum Gasteiger partial charge on any atom is 0.333 e. The molecule has 2 aliphatic heterocycles. The molecule has 2 heterocycles. The van der Waals surface area contributed by atoms with Gasteiger partial charge in [-0.2, -0.15) is 0 Å². The van der Waals surface area contributed by atoms with Crippen LogP contribution in [-0.2, 0) is 19.2 Å². The molecule has 2 rings (SSSR count). The van der Waals surface area contributed by atoms with Crippen molar-refractivity contribution in [3.05, 3.63) is 0 Å². The fourth-order valence-electron chi connectivity index (χ4n) is 2.93. The zero-order chi connectivity index (χ0) is 17.0. The molecule has 0 saturated carbocycles. The Morgan fingerprint density at radius 3 is 2.39 bits per heavy atom. The highest BCUT2D eigenvalue weighted by atomic mass is 16.7. The molecule has 128 valence electrons. The van der Waals surface area contributed by atoms with Gasteiger partial charge in [-0.05, 0) is 19.8 Å². The number of rotatable bonds is 7. The third-order valence-electron chi connectivity index (χ3n) is 4.33. The lowest BCUT2D eigenvalue weighted by Gasteiger charge is -2.20. The van der Waals surface area contributed by atoms with Crippen molar-refractivity contribution < 1.29 is 24.0 Å². The van der Waals surface area contributed by atoms with E-state index in [9.17, 15) is 19.2 Å². The van der Waals surface area contributed by atoms with Crippen molar-refractivity contribution in [2.24, 2.45) is 0 Å². The molecule has 0 aromatic heterocycles. The van der Waals surface area contributed by atoms with E-state index in [2.05, 4.69) is 5.32 Å². The summed E-state index contributed by atoms with van der Waals surface area (Å²) < 4.78 is 0. The lowest BCUT2D eigenvalue weighted by atomic mass is 10.0. The number of urea groups is 1. The molecule has 8 nitrogen and oxygen atoms in total. The Bertz CT molecular complexity index is 491. The van der Waals surface area contributed by atoms with Crippen LogP contribution in [0, 0.1) is 0 Å². The second kappa shape index (κ2) is 7.43. The van der Waals surface area contributed by atoms with Crippen molar-refractivity contribution in [2.75, 3.05) is 7.05 Å². The number of likely N-dealkylation sites (N-methyl/N-ethyl adjacent to an activating group) is 1. The largest absolute Gasteiger partial charge is 0.333 e. The van der Waals surface area contributed by atoms with Crippen molar-refractivity contribution in [2.45, 2.75) is 64.0 Å². The number of unbranched alkanes of at least 4 members (excludes halogenated alkanes) is 2. The predicted octanol–water partition coefficient (Wildman–Crippen LogP) is 0.956. The van der Waals surface area contributed by atoms with E-state index in [-0.39, 0.29) is 37.4 Å². The van der Waals surface area contributed by atoms with Gasteiger partial charge in [0.1, 0.15) is 0 Å². The first-order chi connectivity index (χ1) is 10.9. The number of amides is 4. The Morgan fingerprint density at radius 2 is 1.83 bits per heavy atom. The van der Waals surface area contributed by atoms with Crippen LogP contribution in [0.3, 0.4) is 0 Å². The van der Waals surface area contributed by atoms with E-state index in [1.165, 1.54) is 0 Å². The van der Waals surface area contributed by atoms with Crippen molar-refractivity contribution in [1.29, 1.82) is 0 Å². The minimum Gasteiger partial charge on any atom is -0.333 e. The van der Waals surface area contributed by atoms with Gasteiger partial charge in [0.05, 0.1) is 6.04 Å². The lowest BCUT2D eigenvalue weighted by Crippen LogP contribution is -2.32. The van der Waals surface area contributed by atoms with Gasteiger partial charge in [-0.1, -0.05) is 12.8 Å². The van der Waals surface area contributed by atoms with Crippen LogP contribution in [0.25, 0.3) is 0 Å². The van der Waals surface area contributed by atoms with Gasteiger partial charge < -0.3 is 15.1 Å². The summed E-state index contributed by atoms with van der Waals surface area (Å²) in [6.45, 7) is 1.98. The van der Waals surface area contributed by atoms with Crippen molar-refractivity contribution in [1.82, 2.24) is 15.3 Å². The Hall–Kier alpha value is -2.12. The molecule has 2 atom stereocenters. The normalized spacial score (nSPS) is 24.3. The van der Waals surface area contributed by atoms with Gasteiger partial charge in [0, 0.05) is 32.4 Å². The number of carbonyl (C=O) groups excluding carboxylic acids is 4. The van der Waals surface area contributed by atoms with Crippen molar-refractivity contribution in [3.8, 4) is 0 Å². The summed E-state index contributed by atoms with van der Waals surface area (Å²) in [4.78, 5) is 52.3. The zero-order valence-electron chi connectivity index (χ0n) is 13.5. The van der Waals surface area contributed by atoms with Gasteiger partial charge in [0.25, 0.3) is 11.8 Å². The first-order valence-corrected chi connectivity index (χ1v) is 8.00. The number of hydrogen-bond acceptors (Lipinski definition) is 5. The number of nitrogens with zero attached hydrogens (tertiary/aromatic N) is 2. The van der Waals surface area contributed by atoms with Crippen molar-refractivity contribution >= 4 is 23.8 Å². The highest BCUT2D eigenvalue weighted by Crippen LogP contribution is 2.18. The second-order valence-electron chi connectivity index (χ2n) is 6.06. The minimum atomic E-state index is -0.559. The first-order valence-electron chi connectivity index (χ1n) is 8.00. The standard InChI is InChI=1S/C15H23N3O5/c1-10-11(17(2)15(22)16-10)6-4-3-5-7-14(21)23-18-12(19)8-9-13(18)20/h10-11H,3-9H2,1-2H3,(H,16,22)/t10-,11+/m0/s1. The summed E-state index contributed by atoms with van der Waals surface area (Å²) in [6, 6.07) is 0.255. The van der Waals surface area contributed by atoms with Crippen LogP contribution in [0.2, 0.25) is 0 Å². The molecule has 0 radical (unpaired) electrons. The van der Waals surface area contributed by atoms with Gasteiger partial charge >= 0.3 is 12.0 Å². The van der Waals surface area contributed by atoms with E-state index in [1.54, 1.807) is 11.9 Å². The zero-order valence-corrected chi connectivity index (χ0v) is 13.5. The maximum atomic E-state index is 11.6. The molecule has 2 fully saturated rings. The van der Waals surface area contributed by atoms with Crippen LogP contribution in [0.5, 0.6) is 0 Å². The predicted molar refractivity (Wildman–Crippen MR) is 79.8 cm³/mol. The summed E-state index contributed by atoms with van der Waals surface area (Å²) in [5, 5.41) is 3.45. The van der Waals surface area contributed by atoms with Crippen LogP contribution in [-0.4, -0.2) is 52.9 Å². The monoisotopic (exact) mass is 325 g/mol. The molecular formula is C15H23N3O5. The van der Waals surface area contributed by atoms with Gasteiger partial charge in [0.2, 0.25) is 0 Å². The molecule has 2 aliphatic rings. The van der Waals surface area contributed by atoms with Gasteiger partial charge in [-0.3, -0.25) is 9.59 Å². The summed E-state index contributed by atoms with van der Waals surface area (Å²) in [7, 11) is 1.78. The van der Waals surface area contributed by atoms with E-state index in [4.69, 9.17) is 4.84 Å². The van der Waals surface area contributed by atoms with Crippen LogP contribution in [0.1, 0.15) is 51.9 Å². The van der Waals surface area contributed by atoms with E-state index in [0.29, 0.717) is 11.5 Å². The van der Waals surface area contributed by atoms with Gasteiger partial charge in [-0.15, -0.1) is 5.06 Å². The SMILES string of the molecule is C[C@@H]1NC(=O)N(C)[C@@H]1CCCCCC(=O)ON1C(=O)CCC1=O. The highest BCUT2D eigenvalue weighted by molar-refractivity contribution is 6.01. The second-order valence-corrected chi connectivity index (χ2v) is 6.06. The van der Waals surface area contributed by atoms with E-state index in [1.807, 2.05) is 6.92 Å². The van der Waals surface area contributed by atoms with Crippen LogP contribution in [0.15, 0.2) is 0 Å². The van der Waals surface area contributed by atoms with Crippen LogP contribution < -0.4 is 5.32 Å². The van der Waals surface area contributed by atoms with Gasteiger partial charge in [0.15, 0.2) is 0 Å². The molecule has 0 spiro atoms. The molecule has 0 aromatic carbocycles. The summed E-state index contributed by atoms with van der Waals surface area (Å²) in [5.41, 5.74) is 0. The summed E-state index contributed by atoms with van der Waals surface area (Å²) in [5.74, 6) is -1.48. The number of imide groups is 1. The molecule has 0 bridgehead atoms. The molecule has 4 amide bonds. The smallest absolute Gasteiger partial charge is 0.333 e. The molecule has 0 aliphatic carbocycles. The summed E-state index contributed by atoms with van der Waals surface area (Å²) >= 11 is 0. The molecule has 23 heavy (non-hydrogen) atoms. The number of carbonyl (C=O) groups is 4. The number of hydrogen-bond donors (Lipinski definition) is 1. The highest BCUT2D eigenvalue weighted by Gasteiger charge is 2.33. The average molecular weight is 325 g/mol. The Morgan fingerprint density at radius 1 is 1.17 bits per heavy atom. The topological polar surface area (TPSA) is 96.0 Å². The third kappa shape index (κ3) is 4.20. The van der Waals surface area contributed by atoms with E-state index in [0.717, 1.165) is 19.3 Å². The molecule has 2 saturated heterocycles. The van der Waals surface area contributed by atoms with Gasteiger partial charge in [-0.25, -0.2) is 9.59 Å². The Balaban J connectivity index is 1.60. The molecule has 0 aromatic rings. The third-order valence-corrected chi connectivity index (χ3v) is 4.33. The number of hydroxylamine groups is 2. The Labute approximate surface area is 135 Å². The van der Waals surface area contributed by atoms with E-state index >= 15 is 0 Å².